The van der Waals surface area contributed by atoms with Crippen molar-refractivity contribution in [2.24, 2.45) is 0 Å². The molecule has 1 atom stereocenters. The Labute approximate surface area is 103 Å². The predicted octanol–water partition coefficient (Wildman–Crippen LogP) is 2.10. The molecule has 1 aromatic heterocycles. The smallest absolute Gasteiger partial charge is 0.317 e. The van der Waals surface area contributed by atoms with Gasteiger partial charge < -0.3 is 10.2 Å². The fourth-order valence-corrected chi connectivity index (χ4v) is 2.49. The summed E-state index contributed by atoms with van der Waals surface area (Å²) in [6, 6.07) is 6.01. The average molecular weight is 246 g/mol. The summed E-state index contributed by atoms with van der Waals surface area (Å²) in [6.07, 6.45) is 1.24. The van der Waals surface area contributed by atoms with Gasteiger partial charge in [0.05, 0.1) is 5.69 Å². The van der Waals surface area contributed by atoms with Gasteiger partial charge in [0.1, 0.15) is 5.82 Å². The third-order valence-corrected chi connectivity index (χ3v) is 3.30. The van der Waals surface area contributed by atoms with E-state index >= 15 is 0 Å². The Hall–Kier alpha value is -2.17. The van der Waals surface area contributed by atoms with Gasteiger partial charge in [-0.2, -0.15) is 9.97 Å². The number of nitrogens with zero attached hydrogens (tertiary/aromatic N) is 2. The Morgan fingerprint density at radius 1 is 1.17 bits per heavy atom. The van der Waals surface area contributed by atoms with Crippen LogP contribution in [0.15, 0.2) is 24.3 Å². The molecule has 2 N–H and O–H groups in total. The summed E-state index contributed by atoms with van der Waals surface area (Å²) < 4.78 is 13.8. The maximum Gasteiger partial charge on any atom is 0.317 e. The standard InChI is InChI=1S/C13H11FN2O2/c14-10-4-2-1-3-7(10)8-5-6-9-11(8)15-13(18)16-12(9)17/h1-4,8H,5-6H2,(H2,15,16,17,18). The summed E-state index contributed by atoms with van der Waals surface area (Å²) in [5.41, 5.74) is 1.65. The maximum absolute atomic E-state index is 13.8. The number of halogens is 1. The van der Waals surface area contributed by atoms with E-state index in [1.165, 1.54) is 6.07 Å². The molecular formula is C13H11FN2O2. The third kappa shape index (κ3) is 1.59. The fraction of sp³-hybridized carbons (Fsp3) is 0.231. The first-order chi connectivity index (χ1) is 8.66. The Bertz CT molecular complexity index is 616. The Kier molecular flexibility index (Phi) is 2.40. The average Bonchev–Trinajstić information content (AvgIpc) is 2.73. The summed E-state index contributed by atoms with van der Waals surface area (Å²) in [5, 5.41) is 19.0. The second-order valence-electron chi connectivity index (χ2n) is 4.32. The van der Waals surface area contributed by atoms with Gasteiger partial charge in [0, 0.05) is 11.5 Å². The van der Waals surface area contributed by atoms with E-state index in [4.69, 9.17) is 0 Å². The molecule has 1 aliphatic rings. The highest BCUT2D eigenvalue weighted by atomic mass is 19.1. The number of aromatic hydroxyl groups is 2. The van der Waals surface area contributed by atoms with Crippen molar-refractivity contribution in [3.8, 4) is 11.9 Å². The quantitative estimate of drug-likeness (QED) is 0.808. The zero-order chi connectivity index (χ0) is 12.7. The van der Waals surface area contributed by atoms with E-state index < -0.39 is 6.01 Å². The van der Waals surface area contributed by atoms with Gasteiger partial charge in [-0.05, 0) is 24.5 Å². The molecule has 0 bridgehead atoms. The van der Waals surface area contributed by atoms with E-state index in [-0.39, 0.29) is 17.6 Å². The highest BCUT2D eigenvalue weighted by molar-refractivity contribution is 5.43. The minimum Gasteiger partial charge on any atom is -0.493 e. The molecule has 1 unspecified atom stereocenters. The number of aromatic nitrogens is 2. The van der Waals surface area contributed by atoms with Crippen LogP contribution in [-0.2, 0) is 6.42 Å². The zero-order valence-electron chi connectivity index (χ0n) is 9.47. The van der Waals surface area contributed by atoms with Crippen LogP contribution in [-0.4, -0.2) is 20.2 Å². The first kappa shape index (κ1) is 11.0. The van der Waals surface area contributed by atoms with Gasteiger partial charge >= 0.3 is 6.01 Å². The molecule has 2 aromatic rings. The lowest BCUT2D eigenvalue weighted by molar-refractivity contribution is 0.392. The van der Waals surface area contributed by atoms with Crippen LogP contribution in [0.3, 0.4) is 0 Å². The van der Waals surface area contributed by atoms with E-state index in [1.54, 1.807) is 18.2 Å². The van der Waals surface area contributed by atoms with Crippen LogP contribution in [0.5, 0.6) is 11.9 Å². The first-order valence-electron chi connectivity index (χ1n) is 5.70. The summed E-state index contributed by atoms with van der Waals surface area (Å²) in [7, 11) is 0. The van der Waals surface area contributed by atoms with Crippen LogP contribution in [0.25, 0.3) is 0 Å². The molecule has 0 saturated heterocycles. The van der Waals surface area contributed by atoms with Crippen molar-refractivity contribution in [1.29, 1.82) is 0 Å². The number of rotatable bonds is 1. The van der Waals surface area contributed by atoms with Gasteiger partial charge in [0.15, 0.2) is 0 Å². The topological polar surface area (TPSA) is 66.2 Å². The monoisotopic (exact) mass is 246 g/mol. The van der Waals surface area contributed by atoms with Crippen LogP contribution in [0.2, 0.25) is 0 Å². The molecular weight excluding hydrogens is 235 g/mol. The van der Waals surface area contributed by atoms with Crippen molar-refractivity contribution in [3.63, 3.8) is 0 Å². The summed E-state index contributed by atoms with van der Waals surface area (Å²) in [4.78, 5) is 7.43. The minimum atomic E-state index is -0.477. The van der Waals surface area contributed by atoms with Crippen molar-refractivity contribution in [2.75, 3.05) is 0 Å². The van der Waals surface area contributed by atoms with Crippen LogP contribution >= 0.6 is 0 Å². The predicted molar refractivity (Wildman–Crippen MR) is 61.9 cm³/mol. The highest BCUT2D eigenvalue weighted by Crippen LogP contribution is 2.41. The molecule has 5 heteroatoms. The Morgan fingerprint density at radius 2 is 1.94 bits per heavy atom. The number of fused-ring (bicyclic) bond motifs is 1. The molecule has 0 saturated carbocycles. The van der Waals surface area contributed by atoms with Crippen LogP contribution < -0.4 is 0 Å². The third-order valence-electron chi connectivity index (χ3n) is 3.30. The Balaban J connectivity index is 2.13. The second-order valence-corrected chi connectivity index (χ2v) is 4.32. The van der Waals surface area contributed by atoms with Gasteiger partial charge in [-0.15, -0.1) is 0 Å². The van der Waals surface area contributed by atoms with Crippen molar-refractivity contribution >= 4 is 0 Å². The zero-order valence-corrected chi connectivity index (χ0v) is 9.47. The van der Waals surface area contributed by atoms with Gasteiger partial charge in [0.2, 0.25) is 5.88 Å². The first-order valence-corrected chi connectivity index (χ1v) is 5.70. The van der Waals surface area contributed by atoms with Gasteiger partial charge in [-0.1, -0.05) is 18.2 Å². The molecule has 92 valence electrons. The van der Waals surface area contributed by atoms with Gasteiger partial charge in [-0.25, -0.2) is 4.39 Å². The van der Waals surface area contributed by atoms with E-state index in [9.17, 15) is 14.6 Å². The molecule has 0 aliphatic heterocycles. The minimum absolute atomic E-state index is 0.212. The molecule has 1 aromatic carbocycles. The van der Waals surface area contributed by atoms with Crippen LogP contribution in [0, 0.1) is 5.82 Å². The van der Waals surface area contributed by atoms with Crippen molar-refractivity contribution in [1.82, 2.24) is 9.97 Å². The van der Waals surface area contributed by atoms with E-state index in [0.717, 1.165) is 0 Å². The number of hydrogen-bond donors (Lipinski definition) is 2. The molecule has 18 heavy (non-hydrogen) atoms. The molecule has 3 rings (SSSR count). The molecule has 0 radical (unpaired) electrons. The van der Waals surface area contributed by atoms with Crippen LogP contribution in [0.1, 0.15) is 29.2 Å². The van der Waals surface area contributed by atoms with Crippen molar-refractivity contribution < 1.29 is 14.6 Å². The molecule has 1 heterocycles. The molecule has 1 aliphatic carbocycles. The normalized spacial score (nSPS) is 17.7. The number of hydrogen-bond acceptors (Lipinski definition) is 4. The Morgan fingerprint density at radius 3 is 2.72 bits per heavy atom. The molecule has 0 spiro atoms. The SMILES string of the molecule is Oc1nc(O)c2c(n1)C(c1ccccc1F)CC2. The van der Waals surface area contributed by atoms with E-state index in [0.29, 0.717) is 29.7 Å². The maximum atomic E-state index is 13.8. The lowest BCUT2D eigenvalue weighted by Crippen LogP contribution is -2.02. The largest absolute Gasteiger partial charge is 0.493 e. The fourth-order valence-electron chi connectivity index (χ4n) is 2.49. The summed E-state index contributed by atoms with van der Waals surface area (Å²) in [6.45, 7) is 0. The summed E-state index contributed by atoms with van der Waals surface area (Å²) >= 11 is 0. The van der Waals surface area contributed by atoms with Crippen molar-refractivity contribution in [2.45, 2.75) is 18.8 Å². The van der Waals surface area contributed by atoms with Gasteiger partial charge in [0.25, 0.3) is 0 Å². The lowest BCUT2D eigenvalue weighted by atomic mass is 9.96. The van der Waals surface area contributed by atoms with Crippen LogP contribution in [0.4, 0.5) is 4.39 Å². The van der Waals surface area contributed by atoms with E-state index in [2.05, 4.69) is 9.97 Å². The lowest BCUT2D eigenvalue weighted by Gasteiger charge is -2.12. The summed E-state index contributed by atoms with van der Waals surface area (Å²) in [5.74, 6) is -0.745. The number of benzene rings is 1. The van der Waals surface area contributed by atoms with E-state index in [1.807, 2.05) is 0 Å². The second kappa shape index (κ2) is 3.94. The molecule has 4 nitrogen and oxygen atoms in total. The van der Waals surface area contributed by atoms with Gasteiger partial charge in [-0.3, -0.25) is 0 Å². The molecule has 0 amide bonds. The molecule has 0 fully saturated rings. The highest BCUT2D eigenvalue weighted by Gasteiger charge is 2.30. The van der Waals surface area contributed by atoms with Crippen molar-refractivity contribution in [3.05, 3.63) is 46.9 Å².